The molecule has 144 valence electrons. The standard InChI is InChI=1S/C18H30FN3O2.HI/c1-3-20-18(22-13-7-14-23-4-2)21-12-5-6-15-24-17-10-8-16(19)9-11-17;/h8-11H,3-7,12-15H2,1-2H3,(H2,20,21,22);1H. The third-order valence-electron chi connectivity index (χ3n) is 3.21. The summed E-state index contributed by atoms with van der Waals surface area (Å²) in [5.41, 5.74) is 0. The van der Waals surface area contributed by atoms with Crippen LogP contribution in [-0.4, -0.2) is 45.4 Å². The summed E-state index contributed by atoms with van der Waals surface area (Å²) in [6, 6.07) is 6.10. The molecule has 0 bridgehead atoms. The molecule has 0 aliphatic rings. The molecule has 7 heteroatoms. The van der Waals surface area contributed by atoms with E-state index in [0.717, 1.165) is 58.1 Å². The second-order valence-corrected chi connectivity index (χ2v) is 5.25. The lowest BCUT2D eigenvalue weighted by atomic mass is 10.3. The van der Waals surface area contributed by atoms with Crippen LogP contribution in [0.5, 0.6) is 5.75 Å². The molecule has 0 heterocycles. The number of benzene rings is 1. The van der Waals surface area contributed by atoms with Crippen molar-refractivity contribution in [1.29, 1.82) is 0 Å². The molecule has 1 rings (SSSR count). The van der Waals surface area contributed by atoms with Crippen LogP contribution in [0.3, 0.4) is 0 Å². The number of ether oxygens (including phenoxy) is 2. The maximum atomic E-state index is 12.8. The quantitative estimate of drug-likeness (QED) is 0.214. The Kier molecular flexibility index (Phi) is 15.7. The zero-order valence-corrected chi connectivity index (χ0v) is 17.6. The van der Waals surface area contributed by atoms with Crippen LogP contribution in [0.4, 0.5) is 4.39 Å². The van der Waals surface area contributed by atoms with E-state index in [1.807, 2.05) is 13.8 Å². The van der Waals surface area contributed by atoms with Gasteiger partial charge in [-0.1, -0.05) is 0 Å². The third-order valence-corrected chi connectivity index (χ3v) is 3.21. The highest BCUT2D eigenvalue weighted by molar-refractivity contribution is 14.0. The van der Waals surface area contributed by atoms with Gasteiger partial charge in [0.2, 0.25) is 0 Å². The SMILES string of the molecule is CCNC(=NCCCOCC)NCCCCOc1ccc(F)cc1.I. The number of nitrogens with one attached hydrogen (secondary N) is 2. The minimum atomic E-state index is -0.247. The van der Waals surface area contributed by atoms with Gasteiger partial charge in [0.25, 0.3) is 0 Å². The Hall–Kier alpha value is -1.09. The molecule has 0 atom stereocenters. The van der Waals surface area contributed by atoms with E-state index in [2.05, 4.69) is 15.6 Å². The van der Waals surface area contributed by atoms with E-state index < -0.39 is 0 Å². The zero-order valence-electron chi connectivity index (χ0n) is 15.2. The van der Waals surface area contributed by atoms with Gasteiger partial charge in [0.1, 0.15) is 11.6 Å². The molecule has 1 aromatic carbocycles. The van der Waals surface area contributed by atoms with Crippen LogP contribution in [0, 0.1) is 5.82 Å². The second-order valence-electron chi connectivity index (χ2n) is 5.25. The largest absolute Gasteiger partial charge is 0.494 e. The van der Waals surface area contributed by atoms with E-state index in [9.17, 15) is 4.39 Å². The van der Waals surface area contributed by atoms with E-state index in [0.29, 0.717) is 12.4 Å². The Morgan fingerprint density at radius 2 is 1.80 bits per heavy atom. The number of hydrogen-bond donors (Lipinski definition) is 2. The van der Waals surface area contributed by atoms with Crippen molar-refractivity contribution in [2.24, 2.45) is 4.99 Å². The molecule has 0 fully saturated rings. The molecular weight excluding hydrogens is 436 g/mol. The fourth-order valence-corrected chi connectivity index (χ4v) is 2.00. The first-order valence-corrected chi connectivity index (χ1v) is 8.74. The topological polar surface area (TPSA) is 54.9 Å². The molecule has 0 aliphatic carbocycles. The number of nitrogens with zero attached hydrogens (tertiary/aromatic N) is 1. The Morgan fingerprint density at radius 1 is 1.04 bits per heavy atom. The molecule has 0 aliphatic heterocycles. The molecule has 0 unspecified atom stereocenters. The van der Waals surface area contributed by atoms with Gasteiger partial charge < -0.3 is 20.1 Å². The Morgan fingerprint density at radius 3 is 2.48 bits per heavy atom. The highest BCUT2D eigenvalue weighted by Crippen LogP contribution is 2.11. The van der Waals surface area contributed by atoms with Crippen LogP contribution >= 0.6 is 24.0 Å². The van der Waals surface area contributed by atoms with Crippen LogP contribution in [0.25, 0.3) is 0 Å². The Balaban J connectivity index is 0.00000576. The van der Waals surface area contributed by atoms with Crippen LogP contribution in [-0.2, 0) is 4.74 Å². The first kappa shape index (κ1) is 23.9. The summed E-state index contributed by atoms with van der Waals surface area (Å²) in [7, 11) is 0. The van der Waals surface area contributed by atoms with Crippen molar-refractivity contribution >= 4 is 29.9 Å². The van der Waals surface area contributed by atoms with Gasteiger partial charge in [-0.05, 0) is 57.4 Å². The molecule has 0 aromatic heterocycles. The van der Waals surface area contributed by atoms with E-state index >= 15 is 0 Å². The Bertz CT molecular complexity index is 458. The van der Waals surface area contributed by atoms with E-state index in [1.165, 1.54) is 12.1 Å². The molecule has 1 aromatic rings. The summed E-state index contributed by atoms with van der Waals surface area (Å²) in [6.45, 7) is 8.60. The van der Waals surface area contributed by atoms with Crippen molar-refractivity contribution in [3.05, 3.63) is 30.1 Å². The average molecular weight is 467 g/mol. The van der Waals surface area contributed by atoms with Gasteiger partial charge >= 0.3 is 0 Å². The van der Waals surface area contributed by atoms with Gasteiger partial charge in [0, 0.05) is 32.8 Å². The number of hydrogen-bond acceptors (Lipinski definition) is 3. The van der Waals surface area contributed by atoms with Gasteiger partial charge in [0.05, 0.1) is 6.61 Å². The summed E-state index contributed by atoms with van der Waals surface area (Å²) in [5, 5.41) is 6.54. The molecule has 5 nitrogen and oxygen atoms in total. The predicted molar refractivity (Wildman–Crippen MR) is 112 cm³/mol. The number of halogens is 2. The summed E-state index contributed by atoms with van der Waals surface area (Å²) in [5.74, 6) is 1.30. The van der Waals surface area contributed by atoms with Crippen LogP contribution < -0.4 is 15.4 Å². The van der Waals surface area contributed by atoms with Crippen molar-refractivity contribution < 1.29 is 13.9 Å². The van der Waals surface area contributed by atoms with Gasteiger partial charge in [-0.25, -0.2) is 4.39 Å². The van der Waals surface area contributed by atoms with Crippen LogP contribution in [0.2, 0.25) is 0 Å². The van der Waals surface area contributed by atoms with Gasteiger partial charge in [-0.3, -0.25) is 4.99 Å². The number of rotatable bonds is 12. The number of aliphatic imine (C=N–C) groups is 1. The van der Waals surface area contributed by atoms with Crippen molar-refractivity contribution in [1.82, 2.24) is 10.6 Å². The van der Waals surface area contributed by atoms with Crippen LogP contribution in [0.1, 0.15) is 33.1 Å². The van der Waals surface area contributed by atoms with E-state index in [4.69, 9.17) is 9.47 Å². The molecule has 25 heavy (non-hydrogen) atoms. The normalized spacial score (nSPS) is 10.9. The van der Waals surface area contributed by atoms with Gasteiger partial charge in [-0.2, -0.15) is 0 Å². The molecule has 0 spiro atoms. The average Bonchev–Trinajstić information content (AvgIpc) is 2.59. The minimum Gasteiger partial charge on any atom is -0.494 e. The van der Waals surface area contributed by atoms with Gasteiger partial charge in [0.15, 0.2) is 5.96 Å². The second kappa shape index (κ2) is 16.4. The first-order valence-electron chi connectivity index (χ1n) is 8.74. The fraction of sp³-hybridized carbons (Fsp3) is 0.611. The summed E-state index contributed by atoms with van der Waals surface area (Å²) in [6.07, 6.45) is 2.83. The maximum absolute atomic E-state index is 12.8. The third kappa shape index (κ3) is 12.9. The lowest BCUT2D eigenvalue weighted by molar-refractivity contribution is 0.146. The molecular formula is C18H31FIN3O2. The molecule has 0 saturated heterocycles. The fourth-order valence-electron chi connectivity index (χ4n) is 2.00. The molecule has 2 N–H and O–H groups in total. The smallest absolute Gasteiger partial charge is 0.191 e. The number of guanidine groups is 1. The number of unbranched alkanes of at least 4 members (excludes halogenated alkanes) is 1. The molecule has 0 amide bonds. The monoisotopic (exact) mass is 467 g/mol. The van der Waals surface area contributed by atoms with Crippen molar-refractivity contribution in [2.45, 2.75) is 33.1 Å². The predicted octanol–water partition coefficient (Wildman–Crippen LogP) is 3.58. The molecule has 0 saturated carbocycles. The van der Waals surface area contributed by atoms with Crippen LogP contribution in [0.15, 0.2) is 29.3 Å². The van der Waals surface area contributed by atoms with Crippen molar-refractivity contribution in [2.75, 3.05) is 39.5 Å². The van der Waals surface area contributed by atoms with Crippen molar-refractivity contribution in [3.8, 4) is 5.75 Å². The lowest BCUT2D eigenvalue weighted by Gasteiger charge is -2.11. The minimum absolute atomic E-state index is 0. The summed E-state index contributed by atoms with van der Waals surface area (Å²) >= 11 is 0. The maximum Gasteiger partial charge on any atom is 0.191 e. The highest BCUT2D eigenvalue weighted by atomic mass is 127. The van der Waals surface area contributed by atoms with E-state index in [1.54, 1.807) is 12.1 Å². The van der Waals surface area contributed by atoms with Gasteiger partial charge in [-0.15, -0.1) is 24.0 Å². The zero-order chi connectivity index (χ0) is 17.5. The van der Waals surface area contributed by atoms with E-state index in [-0.39, 0.29) is 29.8 Å². The Labute approximate surface area is 167 Å². The first-order chi connectivity index (χ1) is 11.8. The molecule has 0 radical (unpaired) electrons. The van der Waals surface area contributed by atoms with Crippen molar-refractivity contribution in [3.63, 3.8) is 0 Å². The summed E-state index contributed by atoms with van der Waals surface area (Å²) < 4.78 is 23.6. The summed E-state index contributed by atoms with van der Waals surface area (Å²) in [4.78, 5) is 4.51. The highest BCUT2D eigenvalue weighted by Gasteiger charge is 1.98. The lowest BCUT2D eigenvalue weighted by Crippen LogP contribution is -2.38.